The molecule has 130 valence electrons. The van der Waals surface area contributed by atoms with Crippen LogP contribution in [-0.2, 0) is 0 Å². The van der Waals surface area contributed by atoms with E-state index in [2.05, 4.69) is 23.7 Å². The fraction of sp³-hybridized carbons (Fsp3) is 0.333. The van der Waals surface area contributed by atoms with Crippen LogP contribution in [0.1, 0.15) is 41.6 Å². The molecule has 0 saturated carbocycles. The predicted molar refractivity (Wildman–Crippen MR) is 98.9 cm³/mol. The van der Waals surface area contributed by atoms with Gasteiger partial charge in [-0.1, -0.05) is 18.7 Å². The van der Waals surface area contributed by atoms with Crippen LogP contribution in [0.4, 0.5) is 0 Å². The quantitative estimate of drug-likeness (QED) is 0.774. The number of rotatable bonds is 5. The largest absolute Gasteiger partial charge is 0.488 e. The van der Waals surface area contributed by atoms with E-state index >= 15 is 0 Å². The highest BCUT2D eigenvalue weighted by Crippen LogP contribution is 2.29. The zero-order valence-electron chi connectivity index (χ0n) is 14.6. The topological polar surface area (TPSA) is 42.4 Å². The van der Waals surface area contributed by atoms with Crippen LogP contribution in [0.25, 0.3) is 0 Å². The van der Waals surface area contributed by atoms with Gasteiger partial charge in [0.1, 0.15) is 12.4 Å². The normalized spacial score (nSPS) is 15.0. The van der Waals surface area contributed by atoms with Gasteiger partial charge in [0.2, 0.25) is 0 Å². The highest BCUT2D eigenvalue weighted by atomic mass is 16.5. The van der Waals surface area contributed by atoms with Crippen LogP contribution < -0.4 is 4.74 Å². The average Bonchev–Trinajstić information content (AvgIpc) is 2.67. The van der Waals surface area contributed by atoms with Crippen LogP contribution in [0.5, 0.6) is 5.75 Å². The second-order valence-electron chi connectivity index (χ2n) is 6.59. The predicted octanol–water partition coefficient (Wildman–Crippen LogP) is 4.06. The van der Waals surface area contributed by atoms with Crippen molar-refractivity contribution in [2.75, 3.05) is 19.7 Å². The molecule has 1 aliphatic rings. The van der Waals surface area contributed by atoms with Crippen LogP contribution in [-0.4, -0.2) is 35.5 Å². The lowest BCUT2D eigenvalue weighted by Gasteiger charge is -2.32. The molecule has 1 saturated heterocycles. The van der Waals surface area contributed by atoms with Gasteiger partial charge in [0.25, 0.3) is 5.91 Å². The molecule has 1 aromatic heterocycles. The van der Waals surface area contributed by atoms with Gasteiger partial charge < -0.3 is 9.64 Å². The Morgan fingerprint density at radius 3 is 2.56 bits per heavy atom. The fourth-order valence-electron chi connectivity index (χ4n) is 3.19. The summed E-state index contributed by atoms with van der Waals surface area (Å²) in [6.45, 7) is 7.71. The van der Waals surface area contributed by atoms with Gasteiger partial charge in [-0.2, -0.15) is 0 Å². The Morgan fingerprint density at radius 2 is 1.88 bits per heavy atom. The Bertz CT molecular complexity index is 735. The number of amides is 1. The zero-order valence-corrected chi connectivity index (χ0v) is 14.6. The summed E-state index contributed by atoms with van der Waals surface area (Å²) in [4.78, 5) is 18.9. The molecule has 1 fully saturated rings. The van der Waals surface area contributed by atoms with Gasteiger partial charge in [-0.15, -0.1) is 0 Å². The molecule has 0 unspecified atom stereocenters. The van der Waals surface area contributed by atoms with Crippen LogP contribution in [0.15, 0.2) is 60.9 Å². The van der Waals surface area contributed by atoms with Crippen molar-refractivity contribution in [2.24, 2.45) is 0 Å². The minimum Gasteiger partial charge on any atom is -0.488 e. The van der Waals surface area contributed by atoms with Gasteiger partial charge in [0.15, 0.2) is 0 Å². The molecule has 0 spiro atoms. The maximum Gasteiger partial charge on any atom is 0.257 e. The molecule has 4 nitrogen and oxygen atoms in total. The minimum atomic E-state index is 0.0468. The average molecular weight is 336 g/mol. The van der Waals surface area contributed by atoms with Crippen molar-refractivity contribution in [3.8, 4) is 5.75 Å². The lowest BCUT2D eigenvalue weighted by atomic mass is 9.90. The number of likely N-dealkylation sites (tertiary alicyclic amines) is 1. The Kier molecular flexibility index (Phi) is 5.49. The van der Waals surface area contributed by atoms with Gasteiger partial charge in [-0.3, -0.25) is 9.78 Å². The summed E-state index contributed by atoms with van der Waals surface area (Å²) in [5.74, 6) is 1.18. The molecule has 1 aliphatic heterocycles. The lowest BCUT2D eigenvalue weighted by Crippen LogP contribution is -2.38. The number of carbonyl (C=O) groups excluding carboxylic acids is 1. The monoisotopic (exact) mass is 336 g/mol. The van der Waals surface area contributed by atoms with Gasteiger partial charge >= 0.3 is 0 Å². The molecule has 3 rings (SSSR count). The maximum atomic E-state index is 12.9. The molecule has 0 bridgehead atoms. The van der Waals surface area contributed by atoms with Crippen molar-refractivity contribution in [2.45, 2.75) is 25.7 Å². The number of benzene rings is 1. The number of aromatic nitrogens is 1. The third-order valence-corrected chi connectivity index (χ3v) is 4.55. The molecular weight excluding hydrogens is 312 g/mol. The first-order chi connectivity index (χ1) is 12.1. The Morgan fingerprint density at radius 1 is 1.20 bits per heavy atom. The summed E-state index contributed by atoms with van der Waals surface area (Å²) < 4.78 is 5.75. The minimum absolute atomic E-state index is 0.0468. The van der Waals surface area contributed by atoms with Crippen LogP contribution >= 0.6 is 0 Å². The number of nitrogens with zero attached hydrogens (tertiary/aromatic N) is 2. The van der Waals surface area contributed by atoms with Gasteiger partial charge in [-0.05, 0) is 61.1 Å². The van der Waals surface area contributed by atoms with E-state index in [0.717, 1.165) is 31.5 Å². The first-order valence-electron chi connectivity index (χ1n) is 8.70. The summed E-state index contributed by atoms with van der Waals surface area (Å²) in [5.41, 5.74) is 2.87. The molecule has 1 aromatic carbocycles. The van der Waals surface area contributed by atoms with Gasteiger partial charge in [-0.25, -0.2) is 0 Å². The molecule has 25 heavy (non-hydrogen) atoms. The van der Waals surface area contributed by atoms with Crippen molar-refractivity contribution >= 4 is 5.91 Å². The van der Waals surface area contributed by atoms with Crippen LogP contribution in [0.3, 0.4) is 0 Å². The first kappa shape index (κ1) is 17.2. The molecule has 2 heterocycles. The van der Waals surface area contributed by atoms with E-state index in [1.165, 1.54) is 5.56 Å². The van der Waals surface area contributed by atoms with Crippen molar-refractivity contribution < 1.29 is 9.53 Å². The van der Waals surface area contributed by atoms with E-state index in [9.17, 15) is 4.79 Å². The molecule has 0 atom stereocenters. The molecule has 0 N–H and O–H groups in total. The summed E-state index contributed by atoms with van der Waals surface area (Å²) in [6, 6.07) is 11.6. The number of ether oxygens (including phenoxy) is 1. The van der Waals surface area contributed by atoms with Crippen molar-refractivity contribution in [1.82, 2.24) is 9.88 Å². The summed E-state index contributed by atoms with van der Waals surface area (Å²) >= 11 is 0. The standard InChI is InChI=1S/C21H24N2O2/c1-16(2)15-25-20-6-4-3-5-19(20)21(24)23-13-9-18(10-14-23)17-7-11-22-12-8-17/h3-8,11-12,18H,1,9-10,13-15H2,2H3. The number of hydrogen-bond donors (Lipinski definition) is 0. The van der Waals surface area contributed by atoms with Crippen molar-refractivity contribution in [3.05, 3.63) is 72.1 Å². The lowest BCUT2D eigenvalue weighted by molar-refractivity contribution is 0.0709. The number of carbonyl (C=O) groups is 1. The molecule has 4 heteroatoms. The van der Waals surface area contributed by atoms with E-state index in [1.807, 2.05) is 48.5 Å². The third-order valence-electron chi connectivity index (χ3n) is 4.55. The van der Waals surface area contributed by atoms with E-state index in [-0.39, 0.29) is 5.91 Å². The molecule has 0 aliphatic carbocycles. The smallest absolute Gasteiger partial charge is 0.257 e. The number of hydrogen-bond acceptors (Lipinski definition) is 3. The van der Waals surface area contributed by atoms with Crippen molar-refractivity contribution in [1.29, 1.82) is 0 Å². The van der Waals surface area contributed by atoms with Crippen LogP contribution in [0, 0.1) is 0 Å². The summed E-state index contributed by atoms with van der Waals surface area (Å²) in [7, 11) is 0. The molecule has 0 radical (unpaired) electrons. The zero-order chi connectivity index (χ0) is 17.6. The highest BCUT2D eigenvalue weighted by Gasteiger charge is 2.26. The van der Waals surface area contributed by atoms with E-state index in [1.54, 1.807) is 0 Å². The molecule has 1 amide bonds. The van der Waals surface area contributed by atoms with Gasteiger partial charge in [0, 0.05) is 25.5 Å². The molecular formula is C21H24N2O2. The van der Waals surface area contributed by atoms with Gasteiger partial charge in [0.05, 0.1) is 5.56 Å². The third kappa shape index (κ3) is 4.27. The summed E-state index contributed by atoms with van der Waals surface area (Å²) in [6.07, 6.45) is 5.62. The van der Waals surface area contributed by atoms with E-state index < -0.39 is 0 Å². The van der Waals surface area contributed by atoms with Crippen molar-refractivity contribution in [3.63, 3.8) is 0 Å². The Labute approximate surface area is 149 Å². The Balaban J connectivity index is 1.66. The SMILES string of the molecule is C=C(C)COc1ccccc1C(=O)N1CCC(c2ccncc2)CC1. The second kappa shape index (κ2) is 7.97. The fourth-order valence-corrected chi connectivity index (χ4v) is 3.19. The van der Waals surface area contributed by atoms with E-state index in [0.29, 0.717) is 23.8 Å². The Hall–Kier alpha value is -2.62. The first-order valence-corrected chi connectivity index (χ1v) is 8.70. The summed E-state index contributed by atoms with van der Waals surface area (Å²) in [5, 5.41) is 0. The number of piperidine rings is 1. The van der Waals surface area contributed by atoms with E-state index in [4.69, 9.17) is 4.74 Å². The number of pyridine rings is 1. The maximum absolute atomic E-state index is 12.9. The molecule has 2 aromatic rings. The van der Waals surface area contributed by atoms with Crippen LogP contribution in [0.2, 0.25) is 0 Å². The second-order valence-corrected chi connectivity index (χ2v) is 6.59. The highest BCUT2D eigenvalue weighted by molar-refractivity contribution is 5.97. The number of para-hydroxylation sites is 1.